The first kappa shape index (κ1) is 17.0. The van der Waals surface area contributed by atoms with Crippen molar-refractivity contribution >= 4 is 22.8 Å². The Labute approximate surface area is 146 Å². The van der Waals surface area contributed by atoms with E-state index >= 15 is 0 Å². The molecule has 2 amide bonds. The molecular formula is C19H22N4O2. The number of nitrogens with one attached hydrogen (secondary N) is 2. The molecule has 1 aromatic carbocycles. The number of nitrogens with zero attached hydrogens (tertiary/aromatic N) is 2. The Kier molecular flexibility index (Phi) is 4.44. The summed E-state index contributed by atoms with van der Waals surface area (Å²) in [4.78, 5) is 20.9. The normalized spacial score (nSPS) is 11.5. The number of carbonyl (C=O) groups is 1. The third-order valence-electron chi connectivity index (χ3n) is 3.66. The number of amides is 2. The van der Waals surface area contributed by atoms with Gasteiger partial charge in [-0.05, 0) is 37.3 Å². The lowest BCUT2D eigenvalue weighted by Crippen LogP contribution is -2.28. The summed E-state index contributed by atoms with van der Waals surface area (Å²) in [5.41, 5.74) is 3.67. The molecule has 0 unspecified atom stereocenters. The second-order valence-electron chi connectivity index (χ2n) is 7.03. The monoisotopic (exact) mass is 338 g/mol. The van der Waals surface area contributed by atoms with Crippen LogP contribution in [0.25, 0.3) is 11.1 Å². The molecule has 6 nitrogen and oxygen atoms in total. The summed E-state index contributed by atoms with van der Waals surface area (Å²) in [5.74, 6) is 0.676. The van der Waals surface area contributed by atoms with Crippen molar-refractivity contribution in [3.05, 3.63) is 53.7 Å². The van der Waals surface area contributed by atoms with Gasteiger partial charge >= 0.3 is 6.03 Å². The molecule has 0 aliphatic rings. The average molecular weight is 338 g/mol. The second kappa shape index (κ2) is 6.55. The number of benzene rings is 1. The number of anilines is 1. The maximum atomic E-state index is 12.1. The largest absolute Gasteiger partial charge is 0.440 e. The van der Waals surface area contributed by atoms with Crippen molar-refractivity contribution in [1.82, 2.24) is 15.3 Å². The smallest absolute Gasteiger partial charge is 0.319 e. The molecule has 130 valence electrons. The summed E-state index contributed by atoms with van der Waals surface area (Å²) in [5, 5.41) is 5.60. The van der Waals surface area contributed by atoms with Crippen LogP contribution < -0.4 is 10.6 Å². The summed E-state index contributed by atoms with van der Waals surface area (Å²) in [6.45, 7) is 8.42. The van der Waals surface area contributed by atoms with Crippen LogP contribution in [0.15, 0.2) is 40.8 Å². The second-order valence-corrected chi connectivity index (χ2v) is 7.03. The number of fused-ring (bicyclic) bond motifs is 1. The van der Waals surface area contributed by atoms with E-state index < -0.39 is 0 Å². The van der Waals surface area contributed by atoms with Crippen LogP contribution in [0.4, 0.5) is 10.5 Å². The first-order chi connectivity index (χ1) is 11.8. The number of rotatable bonds is 3. The van der Waals surface area contributed by atoms with Crippen molar-refractivity contribution in [1.29, 1.82) is 0 Å². The van der Waals surface area contributed by atoms with E-state index in [0.717, 1.165) is 16.9 Å². The topological polar surface area (TPSA) is 80.0 Å². The molecule has 0 bridgehead atoms. The Morgan fingerprint density at radius 1 is 1.16 bits per heavy atom. The molecule has 3 rings (SSSR count). The fourth-order valence-corrected chi connectivity index (χ4v) is 2.37. The van der Waals surface area contributed by atoms with E-state index in [1.807, 2.05) is 52.0 Å². The fraction of sp³-hybridized carbons (Fsp3) is 0.316. The van der Waals surface area contributed by atoms with Gasteiger partial charge in [0.05, 0.1) is 12.2 Å². The van der Waals surface area contributed by atoms with Gasteiger partial charge < -0.3 is 15.1 Å². The number of aryl methyl sites for hydroxylation is 1. The van der Waals surface area contributed by atoms with Crippen LogP contribution in [0.2, 0.25) is 0 Å². The van der Waals surface area contributed by atoms with Crippen LogP contribution >= 0.6 is 0 Å². The molecule has 0 aliphatic heterocycles. The molecular weight excluding hydrogens is 316 g/mol. The van der Waals surface area contributed by atoms with E-state index in [9.17, 15) is 4.79 Å². The van der Waals surface area contributed by atoms with Crippen LogP contribution in [0.1, 0.15) is 38.0 Å². The number of oxazole rings is 1. The summed E-state index contributed by atoms with van der Waals surface area (Å²) >= 11 is 0. The lowest BCUT2D eigenvalue weighted by atomic mass is 9.97. The van der Waals surface area contributed by atoms with Crippen LogP contribution in [-0.4, -0.2) is 16.0 Å². The zero-order valence-electron chi connectivity index (χ0n) is 14.9. The van der Waals surface area contributed by atoms with Gasteiger partial charge in [-0.3, -0.25) is 4.98 Å². The van der Waals surface area contributed by atoms with Crippen LogP contribution in [-0.2, 0) is 12.0 Å². The van der Waals surface area contributed by atoms with Gasteiger partial charge in [-0.2, -0.15) is 0 Å². The van der Waals surface area contributed by atoms with Crippen LogP contribution in [0.5, 0.6) is 0 Å². The Balaban J connectivity index is 1.66. The third kappa shape index (κ3) is 4.15. The van der Waals surface area contributed by atoms with Crippen molar-refractivity contribution in [3.8, 4) is 0 Å². The van der Waals surface area contributed by atoms with Crippen LogP contribution in [0, 0.1) is 6.92 Å². The molecule has 0 radical (unpaired) electrons. The first-order valence-electron chi connectivity index (χ1n) is 8.20. The van der Waals surface area contributed by atoms with Crippen LogP contribution in [0.3, 0.4) is 0 Å². The Hall–Kier alpha value is -2.89. The minimum Gasteiger partial charge on any atom is -0.440 e. The molecule has 6 heteroatoms. The predicted molar refractivity (Wildman–Crippen MR) is 97.5 cm³/mol. The zero-order chi connectivity index (χ0) is 18.0. The molecule has 0 spiro atoms. The summed E-state index contributed by atoms with van der Waals surface area (Å²) < 4.78 is 5.76. The SMILES string of the molecule is Cc1cccc(CNC(=O)Nc2ccc3oc(C(C)(C)C)nc3c2)n1. The van der Waals surface area contributed by atoms with E-state index in [2.05, 4.69) is 20.6 Å². The van der Waals surface area contributed by atoms with Gasteiger partial charge in [0.2, 0.25) is 5.89 Å². The number of carbonyl (C=O) groups excluding carboxylic acids is 1. The van der Waals surface area contributed by atoms with Gasteiger partial charge in [0.1, 0.15) is 5.52 Å². The highest BCUT2D eigenvalue weighted by atomic mass is 16.3. The molecule has 2 heterocycles. The number of hydrogen-bond acceptors (Lipinski definition) is 4. The highest BCUT2D eigenvalue weighted by molar-refractivity contribution is 5.91. The molecule has 2 aromatic heterocycles. The van der Waals surface area contributed by atoms with Crippen molar-refractivity contribution in [2.45, 2.75) is 39.7 Å². The molecule has 0 saturated carbocycles. The van der Waals surface area contributed by atoms with Gasteiger partial charge in [0, 0.05) is 16.8 Å². The van der Waals surface area contributed by atoms with E-state index in [0.29, 0.717) is 23.7 Å². The van der Waals surface area contributed by atoms with E-state index in [-0.39, 0.29) is 11.4 Å². The maximum Gasteiger partial charge on any atom is 0.319 e. The average Bonchev–Trinajstić information content (AvgIpc) is 2.97. The quantitative estimate of drug-likeness (QED) is 0.752. The van der Waals surface area contributed by atoms with Crippen molar-refractivity contribution < 1.29 is 9.21 Å². The van der Waals surface area contributed by atoms with E-state index in [4.69, 9.17) is 4.42 Å². The Morgan fingerprint density at radius 3 is 2.68 bits per heavy atom. The maximum absolute atomic E-state index is 12.1. The van der Waals surface area contributed by atoms with Gasteiger partial charge in [0.15, 0.2) is 5.58 Å². The van der Waals surface area contributed by atoms with Gasteiger partial charge in [0.25, 0.3) is 0 Å². The van der Waals surface area contributed by atoms with Crippen molar-refractivity contribution in [3.63, 3.8) is 0 Å². The number of aromatic nitrogens is 2. The van der Waals surface area contributed by atoms with Gasteiger partial charge in [-0.1, -0.05) is 26.8 Å². The highest BCUT2D eigenvalue weighted by Crippen LogP contribution is 2.27. The fourth-order valence-electron chi connectivity index (χ4n) is 2.37. The minimum absolute atomic E-state index is 0.162. The molecule has 0 atom stereocenters. The first-order valence-corrected chi connectivity index (χ1v) is 8.20. The summed E-state index contributed by atoms with van der Waals surface area (Å²) in [7, 11) is 0. The number of hydrogen-bond donors (Lipinski definition) is 2. The Morgan fingerprint density at radius 2 is 1.96 bits per heavy atom. The molecule has 3 aromatic rings. The number of pyridine rings is 1. The summed E-state index contributed by atoms with van der Waals surface area (Å²) in [6.07, 6.45) is 0. The molecule has 2 N–H and O–H groups in total. The zero-order valence-corrected chi connectivity index (χ0v) is 14.9. The molecule has 0 fully saturated rings. The van der Waals surface area contributed by atoms with E-state index in [1.165, 1.54) is 0 Å². The number of urea groups is 1. The minimum atomic E-state index is -0.290. The van der Waals surface area contributed by atoms with Gasteiger partial charge in [-0.15, -0.1) is 0 Å². The third-order valence-corrected chi connectivity index (χ3v) is 3.66. The summed E-state index contributed by atoms with van der Waals surface area (Å²) in [6, 6.07) is 10.8. The van der Waals surface area contributed by atoms with E-state index in [1.54, 1.807) is 12.1 Å². The standard InChI is InChI=1S/C19H22N4O2/c1-12-6-5-7-14(21-12)11-20-18(24)22-13-8-9-16-15(10-13)23-17(25-16)19(2,3)4/h5-10H,11H2,1-4H3,(H2,20,22,24). The highest BCUT2D eigenvalue weighted by Gasteiger charge is 2.21. The molecule has 0 saturated heterocycles. The molecule has 0 aliphatic carbocycles. The van der Waals surface area contributed by atoms with Crippen molar-refractivity contribution in [2.75, 3.05) is 5.32 Å². The van der Waals surface area contributed by atoms with Crippen molar-refractivity contribution in [2.24, 2.45) is 0 Å². The predicted octanol–water partition coefficient (Wildman–Crippen LogP) is 4.15. The lowest BCUT2D eigenvalue weighted by Gasteiger charge is -2.11. The molecule has 25 heavy (non-hydrogen) atoms. The lowest BCUT2D eigenvalue weighted by molar-refractivity contribution is 0.251. The van der Waals surface area contributed by atoms with Gasteiger partial charge in [-0.25, -0.2) is 9.78 Å². The Bertz CT molecular complexity index is 909.